The van der Waals surface area contributed by atoms with E-state index in [1.807, 2.05) is 48.5 Å². The molecule has 2 aromatic rings. The van der Waals surface area contributed by atoms with Gasteiger partial charge >= 0.3 is 11.9 Å². The van der Waals surface area contributed by atoms with Crippen molar-refractivity contribution < 1.29 is 19.1 Å². The molecule has 2 atom stereocenters. The van der Waals surface area contributed by atoms with Crippen molar-refractivity contribution in [1.29, 1.82) is 0 Å². The second kappa shape index (κ2) is 5.64. The number of carbonyl (C=O) groups is 2. The van der Waals surface area contributed by atoms with Crippen molar-refractivity contribution in [2.24, 2.45) is 0 Å². The smallest absolute Gasteiger partial charge is 0.355 e. The standard InChI is InChI=1S/C18H16O4/c1-21-17(20)18(14-10-6-3-7-11-14)15(12-16(19)22-18)13-8-4-2-5-9-13/h2-11,15H,12H2,1H3/t15-,18-/m1/s1. The average molecular weight is 296 g/mol. The Morgan fingerprint density at radius 1 is 1.09 bits per heavy atom. The zero-order valence-corrected chi connectivity index (χ0v) is 12.2. The van der Waals surface area contributed by atoms with Crippen molar-refractivity contribution in [3.05, 3.63) is 71.8 Å². The fourth-order valence-electron chi connectivity index (χ4n) is 3.04. The molecule has 1 saturated heterocycles. The fraction of sp³-hybridized carbons (Fsp3) is 0.222. The number of methoxy groups -OCH3 is 1. The molecule has 0 amide bonds. The van der Waals surface area contributed by atoms with Crippen molar-refractivity contribution in [1.82, 2.24) is 0 Å². The van der Waals surface area contributed by atoms with Gasteiger partial charge in [0.1, 0.15) is 0 Å². The van der Waals surface area contributed by atoms with Crippen molar-refractivity contribution in [3.63, 3.8) is 0 Å². The topological polar surface area (TPSA) is 52.6 Å². The van der Waals surface area contributed by atoms with Crippen LogP contribution in [-0.4, -0.2) is 19.0 Å². The van der Waals surface area contributed by atoms with Gasteiger partial charge in [0.05, 0.1) is 13.5 Å². The summed E-state index contributed by atoms with van der Waals surface area (Å²) in [6, 6.07) is 18.5. The van der Waals surface area contributed by atoms with Crippen molar-refractivity contribution >= 4 is 11.9 Å². The summed E-state index contributed by atoms with van der Waals surface area (Å²) in [5.74, 6) is -1.36. The highest BCUT2D eigenvalue weighted by molar-refractivity contribution is 5.90. The third-order valence-corrected chi connectivity index (χ3v) is 4.03. The largest absolute Gasteiger partial charge is 0.466 e. The first-order chi connectivity index (χ1) is 10.7. The number of esters is 2. The van der Waals surface area contributed by atoms with E-state index in [2.05, 4.69) is 0 Å². The molecule has 2 aromatic carbocycles. The Kier molecular flexibility index (Phi) is 3.67. The summed E-state index contributed by atoms with van der Waals surface area (Å²) in [6.07, 6.45) is 0.147. The number of ether oxygens (including phenoxy) is 2. The highest BCUT2D eigenvalue weighted by atomic mass is 16.6. The first-order valence-corrected chi connectivity index (χ1v) is 7.09. The van der Waals surface area contributed by atoms with Gasteiger partial charge < -0.3 is 9.47 Å². The molecule has 1 heterocycles. The van der Waals surface area contributed by atoms with Gasteiger partial charge in [0, 0.05) is 11.5 Å². The van der Waals surface area contributed by atoms with E-state index in [0.29, 0.717) is 5.56 Å². The molecular formula is C18H16O4. The van der Waals surface area contributed by atoms with E-state index < -0.39 is 23.5 Å². The number of benzene rings is 2. The molecule has 0 saturated carbocycles. The van der Waals surface area contributed by atoms with Gasteiger partial charge in [-0.15, -0.1) is 0 Å². The van der Waals surface area contributed by atoms with E-state index in [1.54, 1.807) is 12.1 Å². The quantitative estimate of drug-likeness (QED) is 0.817. The maximum absolute atomic E-state index is 12.6. The van der Waals surface area contributed by atoms with Crippen LogP contribution in [0.2, 0.25) is 0 Å². The van der Waals surface area contributed by atoms with E-state index in [0.717, 1.165) is 5.56 Å². The van der Waals surface area contributed by atoms with Crippen LogP contribution in [0.15, 0.2) is 60.7 Å². The summed E-state index contributed by atoms with van der Waals surface area (Å²) in [5, 5.41) is 0. The molecule has 4 heteroatoms. The van der Waals surface area contributed by atoms with E-state index in [1.165, 1.54) is 7.11 Å². The molecule has 0 aliphatic carbocycles. The van der Waals surface area contributed by atoms with Gasteiger partial charge in [-0.2, -0.15) is 0 Å². The Balaban J connectivity index is 2.19. The minimum absolute atomic E-state index is 0.147. The molecule has 0 N–H and O–H groups in total. The lowest BCUT2D eigenvalue weighted by Crippen LogP contribution is -2.41. The molecule has 1 aliphatic rings. The maximum Gasteiger partial charge on any atom is 0.355 e. The lowest BCUT2D eigenvalue weighted by atomic mass is 9.77. The molecule has 0 radical (unpaired) electrons. The fourth-order valence-corrected chi connectivity index (χ4v) is 3.04. The Bertz CT molecular complexity index is 681. The molecule has 0 unspecified atom stereocenters. The molecule has 0 aromatic heterocycles. The third-order valence-electron chi connectivity index (χ3n) is 4.03. The molecule has 1 fully saturated rings. The number of hydrogen-bond acceptors (Lipinski definition) is 4. The summed E-state index contributed by atoms with van der Waals surface area (Å²) < 4.78 is 10.5. The number of hydrogen-bond donors (Lipinski definition) is 0. The zero-order chi connectivity index (χ0) is 15.6. The number of cyclic esters (lactones) is 1. The molecular weight excluding hydrogens is 280 g/mol. The minimum atomic E-state index is -1.42. The second-order valence-electron chi connectivity index (χ2n) is 5.23. The van der Waals surface area contributed by atoms with Crippen LogP contribution in [0.4, 0.5) is 0 Å². The summed E-state index contributed by atoms with van der Waals surface area (Å²) in [7, 11) is 1.31. The van der Waals surface area contributed by atoms with Crippen LogP contribution in [-0.2, 0) is 24.7 Å². The molecule has 4 nitrogen and oxygen atoms in total. The molecule has 1 aliphatic heterocycles. The van der Waals surface area contributed by atoms with Gasteiger partial charge in [-0.05, 0) is 5.56 Å². The van der Waals surface area contributed by atoms with Crippen LogP contribution in [0, 0.1) is 0 Å². The molecule has 0 spiro atoms. The van der Waals surface area contributed by atoms with Crippen molar-refractivity contribution in [2.75, 3.05) is 7.11 Å². The van der Waals surface area contributed by atoms with Gasteiger partial charge in [0.15, 0.2) is 0 Å². The highest BCUT2D eigenvalue weighted by Gasteiger charge is 2.57. The van der Waals surface area contributed by atoms with Gasteiger partial charge in [0.2, 0.25) is 5.60 Å². The third kappa shape index (κ3) is 2.17. The van der Waals surface area contributed by atoms with Crippen LogP contribution in [0.1, 0.15) is 23.5 Å². The Hall–Kier alpha value is -2.62. The predicted octanol–water partition coefficient (Wildman–Crippen LogP) is 2.79. The lowest BCUT2D eigenvalue weighted by Gasteiger charge is -2.31. The van der Waals surface area contributed by atoms with E-state index in [4.69, 9.17) is 9.47 Å². The van der Waals surface area contributed by atoms with Gasteiger partial charge in [0.25, 0.3) is 0 Å². The van der Waals surface area contributed by atoms with Crippen LogP contribution >= 0.6 is 0 Å². The maximum atomic E-state index is 12.6. The highest BCUT2D eigenvalue weighted by Crippen LogP contribution is 2.48. The Morgan fingerprint density at radius 2 is 1.68 bits per heavy atom. The molecule has 22 heavy (non-hydrogen) atoms. The van der Waals surface area contributed by atoms with Crippen molar-refractivity contribution in [2.45, 2.75) is 17.9 Å². The van der Waals surface area contributed by atoms with Gasteiger partial charge in [-0.1, -0.05) is 60.7 Å². The van der Waals surface area contributed by atoms with Gasteiger partial charge in [-0.25, -0.2) is 4.79 Å². The van der Waals surface area contributed by atoms with E-state index in [9.17, 15) is 9.59 Å². The minimum Gasteiger partial charge on any atom is -0.466 e. The van der Waals surface area contributed by atoms with Crippen LogP contribution in [0.3, 0.4) is 0 Å². The van der Waals surface area contributed by atoms with E-state index in [-0.39, 0.29) is 6.42 Å². The normalized spacial score (nSPS) is 23.9. The summed E-state index contributed by atoms with van der Waals surface area (Å²) in [6.45, 7) is 0. The number of carbonyl (C=O) groups excluding carboxylic acids is 2. The van der Waals surface area contributed by atoms with Gasteiger partial charge in [-0.3, -0.25) is 4.79 Å². The summed E-state index contributed by atoms with van der Waals surface area (Å²) >= 11 is 0. The van der Waals surface area contributed by atoms with Crippen LogP contribution in [0.25, 0.3) is 0 Å². The average Bonchev–Trinajstić information content (AvgIpc) is 2.94. The molecule has 0 bridgehead atoms. The van der Waals surface area contributed by atoms with Crippen LogP contribution < -0.4 is 0 Å². The van der Waals surface area contributed by atoms with Crippen molar-refractivity contribution in [3.8, 4) is 0 Å². The first kappa shape index (κ1) is 14.3. The summed E-state index contributed by atoms with van der Waals surface area (Å²) in [5.41, 5.74) is 0.0817. The van der Waals surface area contributed by atoms with E-state index >= 15 is 0 Å². The summed E-state index contributed by atoms with van der Waals surface area (Å²) in [4.78, 5) is 24.6. The SMILES string of the molecule is COC(=O)[C@]1(c2ccccc2)OC(=O)C[C@@H]1c1ccccc1. The zero-order valence-electron chi connectivity index (χ0n) is 12.2. The molecule has 3 rings (SSSR count). The number of rotatable bonds is 3. The Morgan fingerprint density at radius 3 is 2.27 bits per heavy atom. The predicted molar refractivity (Wildman–Crippen MR) is 80.0 cm³/mol. The Labute approximate surface area is 128 Å². The molecule has 112 valence electrons. The first-order valence-electron chi connectivity index (χ1n) is 7.09. The van der Waals surface area contributed by atoms with Crippen LogP contribution in [0.5, 0.6) is 0 Å². The monoisotopic (exact) mass is 296 g/mol. The second-order valence-corrected chi connectivity index (χ2v) is 5.23. The lowest BCUT2D eigenvalue weighted by molar-refractivity contribution is -0.174.